The third-order valence-electron chi connectivity index (χ3n) is 2.64. The minimum Gasteiger partial charge on any atom is -0.496 e. The molecule has 0 spiro atoms. The zero-order valence-electron chi connectivity index (χ0n) is 9.84. The third kappa shape index (κ3) is 3.75. The molecule has 0 heterocycles. The molecule has 0 bridgehead atoms. The molecular formula is C12H17Br2NO. The van der Waals surface area contributed by atoms with Crippen LogP contribution in [0.25, 0.3) is 0 Å². The number of ether oxygens (including phenoxy) is 1. The van der Waals surface area contributed by atoms with Gasteiger partial charge in [0.15, 0.2) is 0 Å². The number of hydrogen-bond acceptors (Lipinski definition) is 2. The van der Waals surface area contributed by atoms with Gasteiger partial charge in [0, 0.05) is 28.0 Å². The Kier molecular flexibility index (Phi) is 5.79. The lowest BCUT2D eigenvalue weighted by Gasteiger charge is -2.23. The number of alkyl halides is 1. The van der Waals surface area contributed by atoms with Crippen LogP contribution in [0.15, 0.2) is 22.7 Å². The fourth-order valence-electron chi connectivity index (χ4n) is 1.41. The van der Waals surface area contributed by atoms with Crippen molar-refractivity contribution in [3.8, 4) is 5.75 Å². The lowest BCUT2D eigenvalue weighted by molar-refractivity contribution is 0.266. The molecule has 1 rings (SSSR count). The average molecular weight is 351 g/mol. The number of nitrogens with zero attached hydrogens (tertiary/aromatic N) is 1. The quantitative estimate of drug-likeness (QED) is 0.751. The van der Waals surface area contributed by atoms with Gasteiger partial charge in [-0.3, -0.25) is 4.90 Å². The van der Waals surface area contributed by atoms with Gasteiger partial charge in [0.2, 0.25) is 0 Å². The van der Waals surface area contributed by atoms with Gasteiger partial charge in [-0.05, 0) is 32.2 Å². The highest BCUT2D eigenvalue weighted by molar-refractivity contribution is 9.10. The van der Waals surface area contributed by atoms with Crippen molar-refractivity contribution in [2.45, 2.75) is 19.5 Å². The van der Waals surface area contributed by atoms with Crippen LogP contribution in [0.3, 0.4) is 0 Å². The van der Waals surface area contributed by atoms with Crippen molar-refractivity contribution in [1.29, 1.82) is 0 Å². The lowest BCUT2D eigenvalue weighted by atomic mass is 10.2. The number of methoxy groups -OCH3 is 1. The molecule has 0 aliphatic rings. The molecular weight excluding hydrogens is 334 g/mol. The van der Waals surface area contributed by atoms with Crippen LogP contribution < -0.4 is 4.74 Å². The second-order valence-electron chi connectivity index (χ2n) is 3.87. The van der Waals surface area contributed by atoms with Crippen LogP contribution in [0.2, 0.25) is 0 Å². The summed E-state index contributed by atoms with van der Waals surface area (Å²) in [6.07, 6.45) is 0. The maximum absolute atomic E-state index is 5.36. The van der Waals surface area contributed by atoms with Gasteiger partial charge in [0.25, 0.3) is 0 Å². The number of hydrogen-bond donors (Lipinski definition) is 0. The normalized spacial score (nSPS) is 12.9. The summed E-state index contributed by atoms with van der Waals surface area (Å²) in [5.74, 6) is 0.942. The lowest BCUT2D eigenvalue weighted by Crippen LogP contribution is -2.29. The third-order valence-corrected chi connectivity index (χ3v) is 4.07. The van der Waals surface area contributed by atoms with Crippen molar-refractivity contribution < 1.29 is 4.74 Å². The summed E-state index contributed by atoms with van der Waals surface area (Å²) in [6.45, 7) is 3.08. The summed E-state index contributed by atoms with van der Waals surface area (Å²) in [5, 5.41) is 0.972. The van der Waals surface area contributed by atoms with Crippen molar-refractivity contribution in [2.24, 2.45) is 0 Å². The van der Waals surface area contributed by atoms with Crippen molar-refractivity contribution in [2.75, 3.05) is 19.5 Å². The maximum Gasteiger partial charge on any atom is 0.123 e. The highest BCUT2D eigenvalue weighted by Gasteiger charge is 2.11. The van der Waals surface area contributed by atoms with E-state index in [1.54, 1.807) is 7.11 Å². The van der Waals surface area contributed by atoms with Crippen LogP contribution in [0.4, 0.5) is 0 Å². The molecule has 1 unspecified atom stereocenters. The van der Waals surface area contributed by atoms with Gasteiger partial charge in [-0.15, -0.1) is 0 Å². The Bertz CT molecular complexity index is 344. The first kappa shape index (κ1) is 14.0. The fourth-order valence-corrected chi connectivity index (χ4v) is 2.32. The monoisotopic (exact) mass is 349 g/mol. The van der Waals surface area contributed by atoms with E-state index in [2.05, 4.69) is 56.8 Å². The number of rotatable bonds is 5. The first-order chi connectivity index (χ1) is 7.58. The summed E-state index contributed by atoms with van der Waals surface area (Å²) in [5.41, 5.74) is 1.20. The average Bonchev–Trinajstić information content (AvgIpc) is 2.28. The van der Waals surface area contributed by atoms with Gasteiger partial charge in [-0.25, -0.2) is 0 Å². The Morgan fingerprint density at radius 2 is 2.12 bits per heavy atom. The van der Waals surface area contributed by atoms with Gasteiger partial charge in [0.05, 0.1) is 7.11 Å². The molecule has 90 valence electrons. The standard InChI is InChI=1S/C12H17Br2NO/c1-9(7-13)15(2)8-10-6-11(14)4-5-12(10)16-3/h4-6,9H,7-8H2,1-3H3. The van der Waals surface area contributed by atoms with Gasteiger partial charge >= 0.3 is 0 Å². The zero-order valence-corrected chi connectivity index (χ0v) is 13.0. The highest BCUT2D eigenvalue weighted by Crippen LogP contribution is 2.24. The van der Waals surface area contributed by atoms with E-state index in [0.29, 0.717) is 6.04 Å². The zero-order chi connectivity index (χ0) is 12.1. The van der Waals surface area contributed by atoms with Crippen molar-refractivity contribution in [1.82, 2.24) is 4.90 Å². The molecule has 0 N–H and O–H groups in total. The first-order valence-corrected chi connectivity index (χ1v) is 7.08. The Hall–Kier alpha value is -0.0600. The van der Waals surface area contributed by atoms with Crippen LogP contribution in [-0.4, -0.2) is 30.4 Å². The first-order valence-electron chi connectivity index (χ1n) is 5.17. The van der Waals surface area contributed by atoms with E-state index >= 15 is 0 Å². The SMILES string of the molecule is COc1ccc(Br)cc1CN(C)C(C)CBr. The predicted molar refractivity (Wildman–Crippen MR) is 75.4 cm³/mol. The van der Waals surface area contributed by atoms with Crippen molar-refractivity contribution in [3.05, 3.63) is 28.2 Å². The van der Waals surface area contributed by atoms with Crippen LogP contribution in [0, 0.1) is 0 Å². The van der Waals surface area contributed by atoms with Crippen LogP contribution in [-0.2, 0) is 6.54 Å². The number of halogens is 2. The van der Waals surface area contributed by atoms with E-state index in [1.165, 1.54) is 5.56 Å². The Morgan fingerprint density at radius 1 is 1.44 bits per heavy atom. The van der Waals surface area contributed by atoms with E-state index in [0.717, 1.165) is 22.1 Å². The summed E-state index contributed by atoms with van der Waals surface area (Å²) in [7, 11) is 3.83. The van der Waals surface area contributed by atoms with Crippen LogP contribution >= 0.6 is 31.9 Å². The predicted octanol–water partition coefficient (Wildman–Crippen LogP) is 3.67. The van der Waals surface area contributed by atoms with E-state index in [1.807, 2.05) is 12.1 Å². The molecule has 1 aromatic carbocycles. The molecule has 2 nitrogen and oxygen atoms in total. The molecule has 16 heavy (non-hydrogen) atoms. The molecule has 0 aliphatic carbocycles. The molecule has 1 atom stereocenters. The van der Waals surface area contributed by atoms with Crippen molar-refractivity contribution >= 4 is 31.9 Å². The van der Waals surface area contributed by atoms with Gasteiger partial charge < -0.3 is 4.74 Å². The maximum atomic E-state index is 5.36. The molecule has 0 fully saturated rings. The Morgan fingerprint density at radius 3 is 2.69 bits per heavy atom. The van der Waals surface area contributed by atoms with Gasteiger partial charge in [-0.1, -0.05) is 31.9 Å². The summed E-state index contributed by atoms with van der Waals surface area (Å²) >= 11 is 6.98. The topological polar surface area (TPSA) is 12.5 Å². The van der Waals surface area contributed by atoms with Crippen LogP contribution in [0.5, 0.6) is 5.75 Å². The summed E-state index contributed by atoms with van der Waals surface area (Å²) in [6, 6.07) is 6.60. The Balaban J connectivity index is 2.82. The van der Waals surface area contributed by atoms with E-state index in [4.69, 9.17) is 4.74 Å². The van der Waals surface area contributed by atoms with Gasteiger partial charge in [-0.2, -0.15) is 0 Å². The van der Waals surface area contributed by atoms with Gasteiger partial charge in [0.1, 0.15) is 5.75 Å². The van der Waals surface area contributed by atoms with E-state index < -0.39 is 0 Å². The largest absolute Gasteiger partial charge is 0.496 e. The molecule has 0 radical (unpaired) electrons. The Labute approximate surface area is 114 Å². The highest BCUT2D eigenvalue weighted by atomic mass is 79.9. The van der Waals surface area contributed by atoms with Crippen molar-refractivity contribution in [3.63, 3.8) is 0 Å². The molecule has 0 amide bonds. The molecule has 4 heteroatoms. The molecule has 0 aliphatic heterocycles. The molecule has 0 saturated heterocycles. The van der Waals surface area contributed by atoms with E-state index in [9.17, 15) is 0 Å². The molecule has 0 aromatic heterocycles. The second kappa shape index (κ2) is 6.62. The second-order valence-corrected chi connectivity index (χ2v) is 5.44. The van der Waals surface area contributed by atoms with E-state index in [-0.39, 0.29) is 0 Å². The minimum absolute atomic E-state index is 0.503. The summed E-state index contributed by atoms with van der Waals surface area (Å²) in [4.78, 5) is 2.29. The molecule has 0 saturated carbocycles. The fraction of sp³-hybridized carbons (Fsp3) is 0.500. The summed E-state index contributed by atoms with van der Waals surface area (Å²) < 4.78 is 6.44. The van der Waals surface area contributed by atoms with Crippen LogP contribution in [0.1, 0.15) is 12.5 Å². The smallest absolute Gasteiger partial charge is 0.123 e. The number of benzene rings is 1. The minimum atomic E-state index is 0.503. The molecule has 1 aromatic rings.